The predicted molar refractivity (Wildman–Crippen MR) is 138 cm³/mol. The summed E-state index contributed by atoms with van der Waals surface area (Å²) in [5.41, 5.74) is 0.410. The van der Waals surface area contributed by atoms with Crippen molar-refractivity contribution in [3.63, 3.8) is 0 Å². The Balaban J connectivity index is 1.85. The Hall–Kier alpha value is -1.61. The van der Waals surface area contributed by atoms with Gasteiger partial charge in [0, 0.05) is 17.7 Å². The van der Waals surface area contributed by atoms with Crippen LogP contribution in [0.15, 0.2) is 11.0 Å². The molecular formula is C27H42N2O5S. The van der Waals surface area contributed by atoms with Gasteiger partial charge in [0.1, 0.15) is 5.78 Å². The number of aliphatic hydroxyl groups is 2. The number of carbonyl (C=O) groups excluding carboxylic acids is 2. The van der Waals surface area contributed by atoms with Gasteiger partial charge in [0.15, 0.2) is 0 Å². The Kier molecular flexibility index (Phi) is 8.62. The van der Waals surface area contributed by atoms with Crippen LogP contribution in [0.1, 0.15) is 84.3 Å². The third kappa shape index (κ3) is 6.59. The van der Waals surface area contributed by atoms with Crippen LogP contribution in [0.4, 0.5) is 0 Å². The zero-order valence-corrected chi connectivity index (χ0v) is 22.9. The number of nitrogens with zero attached hydrogens (tertiary/aromatic N) is 1. The van der Waals surface area contributed by atoms with Crippen molar-refractivity contribution in [1.29, 1.82) is 0 Å². The van der Waals surface area contributed by atoms with E-state index in [1.807, 2.05) is 32.2 Å². The van der Waals surface area contributed by atoms with Gasteiger partial charge < -0.3 is 20.3 Å². The molecular weight excluding hydrogens is 464 g/mol. The standard InChI is InChI=1S/C27H42N2O5S/c1-15-9-8-10-27(7)22(34-27)12-20(16(2)11-19-14-35-18(4)28-19)29-23(31)13-21(30)26(5,6)25(33)17(3)24(15)32/h11,14-15,17,20-22,24,30,32H,8-10,12-13H2,1-7H3,(H,29,31)/t15-,17+,20-,21-,22?,24-,27+/m0/s1. The summed E-state index contributed by atoms with van der Waals surface area (Å²) in [7, 11) is 0. The number of nitrogens with one attached hydrogen (secondary N) is 1. The van der Waals surface area contributed by atoms with Crippen LogP contribution in [0.25, 0.3) is 6.08 Å². The average molecular weight is 507 g/mol. The van der Waals surface area contributed by atoms with Crippen molar-refractivity contribution >= 4 is 29.1 Å². The van der Waals surface area contributed by atoms with E-state index in [1.54, 1.807) is 32.1 Å². The lowest BCUT2D eigenvalue weighted by Gasteiger charge is -2.34. The fourth-order valence-electron chi connectivity index (χ4n) is 5.19. The minimum Gasteiger partial charge on any atom is -0.392 e. The number of thiazole rings is 1. The highest BCUT2D eigenvalue weighted by molar-refractivity contribution is 7.09. The molecule has 0 radical (unpaired) electrons. The van der Waals surface area contributed by atoms with Crippen LogP contribution in [0.5, 0.6) is 0 Å². The summed E-state index contributed by atoms with van der Waals surface area (Å²) in [6.45, 7) is 13.0. The maximum atomic E-state index is 13.2. The van der Waals surface area contributed by atoms with E-state index in [-0.39, 0.29) is 41.8 Å². The number of epoxide rings is 1. The molecule has 1 aromatic heterocycles. The van der Waals surface area contributed by atoms with Crippen LogP contribution in [0.2, 0.25) is 0 Å². The van der Waals surface area contributed by atoms with Crippen molar-refractivity contribution in [3.8, 4) is 0 Å². The van der Waals surface area contributed by atoms with Crippen LogP contribution in [-0.2, 0) is 14.3 Å². The molecule has 1 amide bonds. The molecule has 2 aliphatic rings. The van der Waals surface area contributed by atoms with Gasteiger partial charge in [0.05, 0.1) is 52.5 Å². The molecule has 2 saturated heterocycles. The molecule has 3 rings (SSSR count). The predicted octanol–water partition coefficient (Wildman–Crippen LogP) is 4.05. The SMILES string of the molecule is CC(=Cc1csc(C)n1)[C@@H]1CC2O[C@]2(C)CCC[C@H](C)[C@H](O)[C@@H](C)C(=O)C(C)(C)[C@@H](O)CC(=O)N1. The molecule has 196 valence electrons. The van der Waals surface area contributed by atoms with Crippen LogP contribution in [-0.4, -0.2) is 56.8 Å². The largest absolute Gasteiger partial charge is 0.392 e. The van der Waals surface area contributed by atoms with Gasteiger partial charge in [-0.05, 0) is 51.2 Å². The number of ether oxygens (including phenoxy) is 1. The van der Waals surface area contributed by atoms with Crippen molar-refractivity contribution in [1.82, 2.24) is 10.3 Å². The Morgan fingerprint density at radius 1 is 1.26 bits per heavy atom. The molecule has 0 bridgehead atoms. The van der Waals surface area contributed by atoms with Gasteiger partial charge in [-0.15, -0.1) is 11.3 Å². The van der Waals surface area contributed by atoms with Gasteiger partial charge in [0.25, 0.3) is 0 Å². The number of aliphatic hydroxyl groups excluding tert-OH is 2. The Labute approximate surface area is 213 Å². The Morgan fingerprint density at radius 2 is 1.94 bits per heavy atom. The molecule has 0 saturated carbocycles. The number of hydrogen-bond acceptors (Lipinski definition) is 7. The third-order valence-electron chi connectivity index (χ3n) is 8.07. The van der Waals surface area contributed by atoms with Crippen molar-refractivity contribution in [2.24, 2.45) is 17.3 Å². The number of fused-ring (bicyclic) bond motifs is 1. The molecule has 7 atom stereocenters. The molecule has 7 nitrogen and oxygen atoms in total. The molecule has 1 aromatic rings. The van der Waals surface area contributed by atoms with E-state index in [2.05, 4.69) is 17.2 Å². The van der Waals surface area contributed by atoms with E-state index in [0.29, 0.717) is 6.42 Å². The van der Waals surface area contributed by atoms with E-state index in [9.17, 15) is 19.8 Å². The first-order chi connectivity index (χ1) is 16.2. The maximum absolute atomic E-state index is 13.2. The molecule has 2 aliphatic heterocycles. The van der Waals surface area contributed by atoms with E-state index >= 15 is 0 Å². The lowest BCUT2D eigenvalue weighted by molar-refractivity contribution is -0.143. The van der Waals surface area contributed by atoms with Gasteiger partial charge in [-0.1, -0.05) is 34.1 Å². The van der Waals surface area contributed by atoms with Gasteiger partial charge in [-0.3, -0.25) is 9.59 Å². The van der Waals surface area contributed by atoms with Crippen LogP contribution in [0.3, 0.4) is 0 Å². The highest BCUT2D eigenvalue weighted by Gasteiger charge is 2.52. The van der Waals surface area contributed by atoms with Gasteiger partial charge in [0.2, 0.25) is 5.91 Å². The first kappa shape index (κ1) is 28.0. The quantitative estimate of drug-likeness (QED) is 0.522. The number of amides is 1. The zero-order chi connectivity index (χ0) is 26.1. The van der Waals surface area contributed by atoms with Gasteiger partial charge in [-0.2, -0.15) is 0 Å². The first-order valence-corrected chi connectivity index (χ1v) is 13.6. The molecule has 0 spiro atoms. The topological polar surface area (TPSA) is 112 Å². The van der Waals surface area contributed by atoms with Crippen molar-refractivity contribution in [2.75, 3.05) is 0 Å². The minimum atomic E-state index is -1.17. The van der Waals surface area contributed by atoms with Crippen molar-refractivity contribution in [2.45, 2.75) is 111 Å². The van der Waals surface area contributed by atoms with Gasteiger partial charge >= 0.3 is 0 Å². The fourth-order valence-corrected chi connectivity index (χ4v) is 5.76. The lowest BCUT2D eigenvalue weighted by Crippen LogP contribution is -2.47. The third-order valence-corrected chi connectivity index (χ3v) is 8.86. The number of rotatable bonds is 2. The molecule has 35 heavy (non-hydrogen) atoms. The van der Waals surface area contributed by atoms with Crippen LogP contribution >= 0.6 is 11.3 Å². The minimum absolute atomic E-state index is 0.0170. The highest BCUT2D eigenvalue weighted by Crippen LogP contribution is 2.44. The summed E-state index contributed by atoms with van der Waals surface area (Å²) in [6, 6.07) is -0.269. The van der Waals surface area contributed by atoms with E-state index < -0.39 is 23.5 Å². The van der Waals surface area contributed by atoms with Crippen LogP contribution in [0, 0.1) is 24.2 Å². The number of carbonyl (C=O) groups is 2. The van der Waals surface area contributed by atoms with Crippen molar-refractivity contribution in [3.05, 3.63) is 21.7 Å². The average Bonchev–Trinajstić information content (AvgIpc) is 3.22. The molecule has 8 heteroatoms. The normalized spacial score (nSPS) is 37.5. The molecule has 2 fully saturated rings. The summed E-state index contributed by atoms with van der Waals surface area (Å²) in [6.07, 6.45) is 2.99. The Bertz CT molecular complexity index is 957. The summed E-state index contributed by atoms with van der Waals surface area (Å²) in [5, 5.41) is 27.8. The number of ketones is 1. The smallest absolute Gasteiger partial charge is 0.223 e. The Morgan fingerprint density at radius 3 is 2.57 bits per heavy atom. The highest BCUT2D eigenvalue weighted by atomic mass is 32.1. The second-order valence-corrected chi connectivity index (χ2v) is 12.5. The van der Waals surface area contributed by atoms with Crippen LogP contribution < -0.4 is 5.32 Å². The second kappa shape index (κ2) is 10.8. The molecule has 3 N–H and O–H groups in total. The number of aryl methyl sites for hydroxylation is 1. The van der Waals surface area contributed by atoms with Gasteiger partial charge in [-0.25, -0.2) is 4.98 Å². The molecule has 0 aliphatic carbocycles. The van der Waals surface area contributed by atoms with E-state index in [4.69, 9.17) is 4.74 Å². The fraction of sp³-hybridized carbons (Fsp3) is 0.741. The van der Waals surface area contributed by atoms with Crippen molar-refractivity contribution < 1.29 is 24.5 Å². The lowest BCUT2D eigenvalue weighted by atomic mass is 9.72. The number of Topliss-reactive ketones (excluding diaryl/α,β-unsaturated/α-hetero) is 1. The monoisotopic (exact) mass is 506 g/mol. The summed E-state index contributed by atoms with van der Waals surface area (Å²) < 4.78 is 6.10. The number of hydrogen-bond donors (Lipinski definition) is 3. The molecule has 0 aromatic carbocycles. The molecule has 1 unspecified atom stereocenters. The summed E-state index contributed by atoms with van der Waals surface area (Å²) in [5.74, 6) is -1.24. The number of aromatic nitrogens is 1. The van der Waals surface area contributed by atoms with E-state index in [1.165, 1.54) is 0 Å². The summed E-state index contributed by atoms with van der Waals surface area (Å²) in [4.78, 5) is 30.8. The second-order valence-electron chi connectivity index (χ2n) is 11.4. The summed E-state index contributed by atoms with van der Waals surface area (Å²) >= 11 is 1.58. The molecule has 3 heterocycles. The zero-order valence-electron chi connectivity index (χ0n) is 22.1. The van der Waals surface area contributed by atoms with E-state index in [0.717, 1.165) is 35.5 Å². The maximum Gasteiger partial charge on any atom is 0.223 e. The first-order valence-electron chi connectivity index (χ1n) is 12.7.